The van der Waals surface area contributed by atoms with Crippen molar-refractivity contribution >= 4 is 42.9 Å². The first-order valence-corrected chi connectivity index (χ1v) is 10.3. The Bertz CT molecular complexity index is 997. The molecule has 1 saturated carbocycles. The fraction of sp³-hybridized carbons (Fsp3) is 0.450. The summed E-state index contributed by atoms with van der Waals surface area (Å²) in [6, 6.07) is 5.79. The quantitative estimate of drug-likeness (QED) is 0.603. The van der Waals surface area contributed by atoms with Gasteiger partial charge < -0.3 is 5.11 Å². The van der Waals surface area contributed by atoms with Gasteiger partial charge in [0.05, 0.1) is 6.04 Å². The number of hydrogen-bond acceptors (Lipinski definition) is 7. The van der Waals surface area contributed by atoms with E-state index in [0.717, 1.165) is 23.2 Å². The van der Waals surface area contributed by atoms with Gasteiger partial charge in [-0.1, -0.05) is 18.2 Å². The Morgan fingerprint density at radius 1 is 1.29 bits per heavy atom. The number of carboxylic acid groups (broad SMARTS) is 1. The van der Waals surface area contributed by atoms with Gasteiger partial charge >= 0.3 is 5.97 Å². The Kier molecular flexibility index (Phi) is 7.45. The fourth-order valence-electron chi connectivity index (χ4n) is 3.74. The van der Waals surface area contributed by atoms with E-state index >= 15 is 0 Å². The van der Waals surface area contributed by atoms with Crippen LogP contribution in [0.5, 0.6) is 0 Å². The van der Waals surface area contributed by atoms with E-state index in [1.807, 2.05) is 4.90 Å². The van der Waals surface area contributed by atoms with Crippen LogP contribution in [0.1, 0.15) is 36.7 Å². The van der Waals surface area contributed by atoms with Crippen LogP contribution in [0.3, 0.4) is 0 Å². The van der Waals surface area contributed by atoms with Crippen LogP contribution >= 0.6 is 25.0 Å². The van der Waals surface area contributed by atoms with Gasteiger partial charge in [0.15, 0.2) is 18.2 Å². The maximum atomic E-state index is 14.6. The predicted octanol–water partition coefficient (Wildman–Crippen LogP) is 2.43. The molecule has 1 saturated heterocycles. The summed E-state index contributed by atoms with van der Waals surface area (Å²) in [5.74, 6) is -1.11. The van der Waals surface area contributed by atoms with Gasteiger partial charge in [0.25, 0.3) is 0 Å². The van der Waals surface area contributed by atoms with E-state index in [1.54, 1.807) is 24.3 Å². The van der Waals surface area contributed by atoms with Crippen molar-refractivity contribution in [3.05, 3.63) is 47.0 Å². The molecule has 1 N–H and O–H groups in total. The maximum Gasteiger partial charge on any atom is 0.327 e. The molecular formula is C20H23ClFN5O3S. The highest BCUT2D eigenvalue weighted by Crippen LogP contribution is 2.39. The Morgan fingerprint density at radius 3 is 2.71 bits per heavy atom. The molecule has 2 heterocycles. The molecule has 166 valence electrons. The number of benzene rings is 1. The number of carbonyl (C=O) groups is 2. The van der Waals surface area contributed by atoms with Gasteiger partial charge in [0.2, 0.25) is 0 Å². The monoisotopic (exact) mass is 467 g/mol. The van der Waals surface area contributed by atoms with Crippen LogP contribution in [0.4, 0.5) is 4.39 Å². The SMILES string of the molecule is Cl.O=C(O)Cn1nnc(C=C2CN(C(C(=O)C3CC3)c3ccccc3F)CCC2S)n1. The molecule has 31 heavy (non-hydrogen) atoms. The molecule has 4 rings (SSSR count). The van der Waals surface area contributed by atoms with Crippen molar-refractivity contribution < 1.29 is 19.1 Å². The first-order chi connectivity index (χ1) is 14.4. The molecule has 2 aliphatic rings. The van der Waals surface area contributed by atoms with E-state index < -0.39 is 12.0 Å². The van der Waals surface area contributed by atoms with Crippen LogP contribution in [-0.2, 0) is 16.1 Å². The summed E-state index contributed by atoms with van der Waals surface area (Å²) in [5, 5.41) is 20.4. The molecule has 2 fully saturated rings. The number of nitrogens with zero attached hydrogens (tertiary/aromatic N) is 5. The van der Waals surface area contributed by atoms with Crippen LogP contribution in [0.2, 0.25) is 0 Å². The van der Waals surface area contributed by atoms with E-state index in [0.29, 0.717) is 25.1 Å². The number of ketones is 1. The third kappa shape index (κ3) is 5.50. The molecule has 1 aromatic carbocycles. The van der Waals surface area contributed by atoms with Crippen LogP contribution in [-0.4, -0.2) is 60.3 Å². The smallest absolute Gasteiger partial charge is 0.327 e. The Morgan fingerprint density at radius 2 is 2.03 bits per heavy atom. The number of carbonyl (C=O) groups excluding carboxylic acids is 1. The second kappa shape index (κ2) is 9.88. The van der Waals surface area contributed by atoms with Gasteiger partial charge in [0, 0.05) is 29.8 Å². The summed E-state index contributed by atoms with van der Waals surface area (Å²) in [6.45, 7) is 0.652. The summed E-state index contributed by atoms with van der Waals surface area (Å²) in [6.07, 6.45) is 4.11. The Labute approximate surface area is 190 Å². The van der Waals surface area contributed by atoms with Gasteiger partial charge in [0.1, 0.15) is 5.82 Å². The fourth-order valence-corrected chi connectivity index (χ4v) is 4.01. The zero-order valence-corrected chi connectivity index (χ0v) is 18.3. The normalized spacial score (nSPS) is 21.5. The maximum absolute atomic E-state index is 14.6. The van der Waals surface area contributed by atoms with Crippen molar-refractivity contribution in [3.8, 4) is 0 Å². The molecular weight excluding hydrogens is 445 g/mol. The van der Waals surface area contributed by atoms with Crippen LogP contribution in [0.15, 0.2) is 29.8 Å². The summed E-state index contributed by atoms with van der Waals surface area (Å²) >= 11 is 4.64. The van der Waals surface area contributed by atoms with E-state index in [9.17, 15) is 14.0 Å². The molecule has 1 aromatic heterocycles. The molecule has 0 spiro atoms. The lowest BCUT2D eigenvalue weighted by Gasteiger charge is -2.37. The number of aromatic nitrogens is 4. The van der Waals surface area contributed by atoms with Crippen molar-refractivity contribution in [2.24, 2.45) is 5.92 Å². The summed E-state index contributed by atoms with van der Waals surface area (Å²) < 4.78 is 14.6. The lowest BCUT2D eigenvalue weighted by atomic mass is 9.93. The number of likely N-dealkylation sites (tertiary alicyclic amines) is 1. The van der Waals surface area contributed by atoms with Crippen LogP contribution in [0.25, 0.3) is 6.08 Å². The van der Waals surface area contributed by atoms with Crippen molar-refractivity contribution in [1.29, 1.82) is 0 Å². The minimum Gasteiger partial charge on any atom is -0.480 e. The van der Waals surface area contributed by atoms with E-state index in [2.05, 4.69) is 28.0 Å². The Hall–Kier alpha value is -2.30. The third-order valence-corrected chi connectivity index (χ3v) is 5.97. The van der Waals surface area contributed by atoms with E-state index in [4.69, 9.17) is 5.11 Å². The number of thiol groups is 1. The number of halogens is 2. The van der Waals surface area contributed by atoms with Gasteiger partial charge in [-0.3, -0.25) is 14.5 Å². The minimum absolute atomic E-state index is 0. The largest absolute Gasteiger partial charge is 0.480 e. The predicted molar refractivity (Wildman–Crippen MR) is 117 cm³/mol. The lowest BCUT2D eigenvalue weighted by Crippen LogP contribution is -2.42. The number of tetrazole rings is 1. The first-order valence-electron chi connectivity index (χ1n) is 9.82. The highest BCUT2D eigenvalue weighted by molar-refractivity contribution is 7.81. The van der Waals surface area contributed by atoms with Crippen LogP contribution < -0.4 is 0 Å². The number of piperidine rings is 1. The zero-order chi connectivity index (χ0) is 21.3. The molecule has 2 atom stereocenters. The molecule has 1 aliphatic carbocycles. The van der Waals surface area contributed by atoms with Crippen molar-refractivity contribution in [2.75, 3.05) is 13.1 Å². The molecule has 11 heteroatoms. The topological polar surface area (TPSA) is 101 Å². The van der Waals surface area contributed by atoms with Crippen molar-refractivity contribution in [2.45, 2.75) is 37.1 Å². The molecule has 0 bridgehead atoms. The number of rotatable bonds is 7. The number of carboxylic acids is 1. The molecule has 0 amide bonds. The lowest BCUT2D eigenvalue weighted by molar-refractivity contribution is -0.138. The summed E-state index contributed by atoms with van der Waals surface area (Å²) in [7, 11) is 0. The molecule has 8 nitrogen and oxygen atoms in total. The first kappa shape index (κ1) is 23.4. The van der Waals surface area contributed by atoms with E-state index in [-0.39, 0.29) is 47.5 Å². The number of aliphatic carboxylic acids is 1. The third-order valence-electron chi connectivity index (χ3n) is 5.38. The van der Waals surface area contributed by atoms with Gasteiger partial charge in [-0.2, -0.15) is 17.4 Å². The highest BCUT2D eigenvalue weighted by Gasteiger charge is 2.40. The molecule has 2 unspecified atom stereocenters. The zero-order valence-electron chi connectivity index (χ0n) is 16.6. The van der Waals surface area contributed by atoms with Gasteiger partial charge in [-0.05, 0) is 42.2 Å². The molecule has 2 aromatic rings. The average Bonchev–Trinajstić information content (AvgIpc) is 3.47. The standard InChI is InChI=1S/C20H22FN5O3S.ClH/c21-15-4-2-1-3-14(15)19(20(29)12-5-6-12)25-8-7-16(30)13(10-25)9-17-22-24-26(23-17)11-18(27)28;/h1-4,9,12,16,19,30H,5-8,10-11H2,(H,27,28);1H. The summed E-state index contributed by atoms with van der Waals surface area (Å²) in [4.78, 5) is 26.9. The van der Waals surface area contributed by atoms with Crippen molar-refractivity contribution in [3.63, 3.8) is 0 Å². The number of Topliss-reactive ketones (excluding diaryl/α,β-unsaturated/α-hetero) is 1. The molecule has 1 aliphatic heterocycles. The van der Waals surface area contributed by atoms with E-state index in [1.165, 1.54) is 6.07 Å². The van der Waals surface area contributed by atoms with Crippen LogP contribution in [0, 0.1) is 11.7 Å². The van der Waals surface area contributed by atoms with Gasteiger partial charge in [-0.25, -0.2) is 4.39 Å². The summed E-state index contributed by atoms with van der Waals surface area (Å²) in [5.41, 5.74) is 1.28. The minimum atomic E-state index is -1.06. The van der Waals surface area contributed by atoms with Gasteiger partial charge in [-0.15, -0.1) is 22.6 Å². The number of hydrogen-bond donors (Lipinski definition) is 2. The van der Waals surface area contributed by atoms with Crippen molar-refractivity contribution in [1.82, 2.24) is 25.1 Å². The average molecular weight is 468 g/mol. The second-order valence-electron chi connectivity index (χ2n) is 7.67. The highest BCUT2D eigenvalue weighted by atomic mass is 35.5. The second-order valence-corrected chi connectivity index (χ2v) is 8.29. The Balaban J connectivity index is 0.00000272. The molecule has 0 radical (unpaired) electrons.